The van der Waals surface area contributed by atoms with Gasteiger partial charge in [-0.2, -0.15) is 0 Å². The molecular formula is C23H24N2O. The summed E-state index contributed by atoms with van der Waals surface area (Å²) < 4.78 is 0. The summed E-state index contributed by atoms with van der Waals surface area (Å²) in [6, 6.07) is 16.8. The van der Waals surface area contributed by atoms with E-state index >= 15 is 0 Å². The summed E-state index contributed by atoms with van der Waals surface area (Å²) in [5.41, 5.74) is 3.28. The Kier molecular flexibility index (Phi) is 4.70. The molecule has 0 radical (unpaired) electrons. The average molecular weight is 344 g/mol. The van der Waals surface area contributed by atoms with Crippen molar-refractivity contribution in [1.29, 1.82) is 0 Å². The summed E-state index contributed by atoms with van der Waals surface area (Å²) in [5.74, 6) is 0.779. The van der Waals surface area contributed by atoms with Gasteiger partial charge in [0.25, 0.3) is 5.91 Å². The smallest absolute Gasteiger partial charge is 0.256 e. The minimum atomic E-state index is 0.117. The third-order valence-corrected chi connectivity index (χ3v) is 5.52. The number of hydrogen-bond donors (Lipinski definition) is 0. The highest BCUT2D eigenvalue weighted by Crippen LogP contribution is 2.26. The van der Waals surface area contributed by atoms with Gasteiger partial charge >= 0.3 is 0 Å². The number of carbonyl (C=O) groups is 1. The standard InChI is InChI=1S/C23H24N2O/c1-17-6-5-9-20-21(17)15-24-16-22(20)23(26)25-12-10-19(11-13-25)14-18-7-3-2-4-8-18/h2-9,15-16,19H,10-14H2,1H3. The van der Waals surface area contributed by atoms with Crippen LogP contribution in [0.25, 0.3) is 10.8 Å². The zero-order chi connectivity index (χ0) is 17.9. The second-order valence-corrected chi connectivity index (χ2v) is 7.28. The van der Waals surface area contributed by atoms with Gasteiger partial charge in [-0.25, -0.2) is 0 Å². The first-order valence-electron chi connectivity index (χ1n) is 9.39. The lowest BCUT2D eigenvalue weighted by Crippen LogP contribution is -2.39. The SMILES string of the molecule is Cc1cccc2c(C(=O)N3CCC(Cc4ccccc4)CC3)cncc12. The number of benzene rings is 2. The fourth-order valence-electron chi connectivity index (χ4n) is 3.97. The van der Waals surface area contributed by atoms with Gasteiger partial charge in [0.1, 0.15) is 0 Å². The highest BCUT2D eigenvalue weighted by molar-refractivity contribution is 6.07. The Morgan fingerprint density at radius 2 is 1.77 bits per heavy atom. The molecule has 0 bridgehead atoms. The van der Waals surface area contributed by atoms with E-state index in [9.17, 15) is 4.79 Å². The summed E-state index contributed by atoms with van der Waals surface area (Å²) in [7, 11) is 0. The second kappa shape index (κ2) is 7.28. The molecule has 1 aromatic heterocycles. The molecule has 0 aliphatic carbocycles. The molecule has 1 aliphatic rings. The molecule has 0 N–H and O–H groups in total. The first-order chi connectivity index (χ1) is 12.7. The minimum absolute atomic E-state index is 0.117. The fourth-order valence-corrected chi connectivity index (χ4v) is 3.97. The number of fused-ring (bicyclic) bond motifs is 1. The van der Waals surface area contributed by atoms with Crippen LogP contribution in [0.5, 0.6) is 0 Å². The summed E-state index contributed by atoms with van der Waals surface area (Å²) in [6.45, 7) is 3.73. The molecule has 1 fully saturated rings. The van der Waals surface area contributed by atoms with Crippen molar-refractivity contribution in [2.75, 3.05) is 13.1 Å². The molecule has 3 aromatic rings. The van der Waals surface area contributed by atoms with Gasteiger partial charge in [-0.1, -0.05) is 48.5 Å². The summed E-state index contributed by atoms with van der Waals surface area (Å²) in [5, 5.41) is 2.08. The highest BCUT2D eigenvalue weighted by atomic mass is 16.2. The van der Waals surface area contributed by atoms with Crippen LogP contribution in [-0.4, -0.2) is 28.9 Å². The van der Waals surface area contributed by atoms with Gasteiger partial charge in [0, 0.05) is 30.9 Å². The Hall–Kier alpha value is -2.68. The Labute approximate surface area is 154 Å². The van der Waals surface area contributed by atoms with Crippen LogP contribution in [0.1, 0.15) is 34.3 Å². The van der Waals surface area contributed by atoms with Crippen molar-refractivity contribution >= 4 is 16.7 Å². The quantitative estimate of drug-likeness (QED) is 0.693. The Bertz CT molecular complexity index is 912. The van der Waals surface area contributed by atoms with Gasteiger partial charge in [0.05, 0.1) is 5.56 Å². The van der Waals surface area contributed by atoms with Crippen LogP contribution in [0.2, 0.25) is 0 Å². The molecule has 1 amide bonds. The van der Waals surface area contributed by atoms with Crippen LogP contribution in [-0.2, 0) is 6.42 Å². The van der Waals surface area contributed by atoms with Gasteiger partial charge in [-0.15, -0.1) is 0 Å². The molecule has 1 aliphatic heterocycles. The number of rotatable bonds is 3. The molecule has 0 spiro atoms. The first-order valence-corrected chi connectivity index (χ1v) is 9.39. The summed E-state index contributed by atoms with van der Waals surface area (Å²) in [4.78, 5) is 19.4. The molecule has 0 atom stereocenters. The van der Waals surface area contributed by atoms with Crippen molar-refractivity contribution in [3.05, 3.63) is 77.6 Å². The normalized spacial score (nSPS) is 15.3. The van der Waals surface area contributed by atoms with E-state index in [1.165, 1.54) is 5.56 Å². The minimum Gasteiger partial charge on any atom is -0.339 e. The summed E-state index contributed by atoms with van der Waals surface area (Å²) >= 11 is 0. The molecule has 26 heavy (non-hydrogen) atoms. The van der Waals surface area contributed by atoms with Crippen molar-refractivity contribution in [1.82, 2.24) is 9.88 Å². The predicted octanol–water partition coefficient (Wildman–Crippen LogP) is 4.64. The molecule has 2 heterocycles. The number of nitrogens with zero attached hydrogens (tertiary/aromatic N) is 2. The summed E-state index contributed by atoms with van der Waals surface area (Å²) in [6.07, 6.45) is 6.82. The van der Waals surface area contributed by atoms with E-state index in [1.54, 1.807) is 6.20 Å². The third kappa shape index (κ3) is 3.34. The number of amides is 1. The number of hydrogen-bond acceptors (Lipinski definition) is 2. The zero-order valence-electron chi connectivity index (χ0n) is 15.2. The molecule has 132 valence electrons. The largest absolute Gasteiger partial charge is 0.339 e. The lowest BCUT2D eigenvalue weighted by atomic mass is 9.90. The van der Waals surface area contributed by atoms with Crippen molar-refractivity contribution in [3.8, 4) is 0 Å². The first kappa shape index (κ1) is 16.8. The zero-order valence-corrected chi connectivity index (χ0v) is 15.2. The number of aryl methyl sites for hydroxylation is 1. The molecule has 2 aromatic carbocycles. The van der Waals surface area contributed by atoms with Gasteiger partial charge in [-0.05, 0) is 48.6 Å². The number of carbonyl (C=O) groups excluding carboxylic acids is 1. The van der Waals surface area contributed by atoms with E-state index < -0.39 is 0 Å². The van der Waals surface area contributed by atoms with Gasteiger partial charge in [-0.3, -0.25) is 9.78 Å². The van der Waals surface area contributed by atoms with Crippen LogP contribution >= 0.6 is 0 Å². The number of pyridine rings is 1. The Morgan fingerprint density at radius 1 is 1.00 bits per heavy atom. The van der Waals surface area contributed by atoms with E-state index in [-0.39, 0.29) is 5.91 Å². The lowest BCUT2D eigenvalue weighted by Gasteiger charge is -2.32. The molecular weight excluding hydrogens is 320 g/mol. The Balaban J connectivity index is 1.47. The van der Waals surface area contributed by atoms with Crippen LogP contribution in [0.15, 0.2) is 60.9 Å². The maximum absolute atomic E-state index is 13.1. The molecule has 1 saturated heterocycles. The predicted molar refractivity (Wildman–Crippen MR) is 105 cm³/mol. The number of aromatic nitrogens is 1. The van der Waals surface area contributed by atoms with E-state index in [2.05, 4.69) is 48.3 Å². The van der Waals surface area contributed by atoms with Gasteiger partial charge in [0.2, 0.25) is 0 Å². The highest BCUT2D eigenvalue weighted by Gasteiger charge is 2.25. The van der Waals surface area contributed by atoms with Crippen molar-refractivity contribution < 1.29 is 4.79 Å². The van der Waals surface area contributed by atoms with Crippen LogP contribution in [0.3, 0.4) is 0 Å². The van der Waals surface area contributed by atoms with Crippen molar-refractivity contribution in [3.63, 3.8) is 0 Å². The molecule has 0 saturated carbocycles. The van der Waals surface area contributed by atoms with E-state index in [4.69, 9.17) is 0 Å². The molecule has 4 rings (SSSR count). The van der Waals surface area contributed by atoms with Gasteiger partial charge in [0.15, 0.2) is 0 Å². The topological polar surface area (TPSA) is 33.2 Å². The molecule has 0 unspecified atom stereocenters. The van der Waals surface area contributed by atoms with E-state index in [1.807, 2.05) is 23.2 Å². The van der Waals surface area contributed by atoms with E-state index in [0.717, 1.165) is 54.3 Å². The maximum Gasteiger partial charge on any atom is 0.256 e. The van der Waals surface area contributed by atoms with Crippen LogP contribution in [0.4, 0.5) is 0 Å². The van der Waals surface area contributed by atoms with Crippen LogP contribution < -0.4 is 0 Å². The van der Waals surface area contributed by atoms with Gasteiger partial charge < -0.3 is 4.90 Å². The monoisotopic (exact) mass is 344 g/mol. The Morgan fingerprint density at radius 3 is 2.54 bits per heavy atom. The van der Waals surface area contributed by atoms with Crippen molar-refractivity contribution in [2.45, 2.75) is 26.2 Å². The molecule has 3 heteroatoms. The third-order valence-electron chi connectivity index (χ3n) is 5.52. The van der Waals surface area contributed by atoms with E-state index in [0.29, 0.717) is 5.92 Å². The average Bonchev–Trinajstić information content (AvgIpc) is 2.69. The lowest BCUT2D eigenvalue weighted by molar-refractivity contribution is 0.0692. The number of likely N-dealkylation sites (tertiary alicyclic amines) is 1. The number of piperidine rings is 1. The second-order valence-electron chi connectivity index (χ2n) is 7.28. The van der Waals surface area contributed by atoms with Crippen molar-refractivity contribution in [2.24, 2.45) is 5.92 Å². The fraction of sp³-hybridized carbons (Fsp3) is 0.304. The maximum atomic E-state index is 13.1. The van der Waals surface area contributed by atoms with Crippen LogP contribution in [0, 0.1) is 12.8 Å². The molecule has 3 nitrogen and oxygen atoms in total.